The zero-order chi connectivity index (χ0) is 18.0. The Labute approximate surface area is 155 Å². The summed E-state index contributed by atoms with van der Waals surface area (Å²) >= 11 is 12.5. The number of hydrogen-bond acceptors (Lipinski definition) is 3. The van der Waals surface area contributed by atoms with Crippen LogP contribution in [0.1, 0.15) is 21.6 Å². The zero-order valence-electron chi connectivity index (χ0n) is 13.8. The van der Waals surface area contributed by atoms with Gasteiger partial charge >= 0.3 is 5.97 Å². The SMILES string of the molecule is COC(=O)c1cc(-c2ccccc2Cl)n(Cc2cccc(Cl)c2C)n1. The fourth-order valence-electron chi connectivity index (χ4n) is 2.61. The van der Waals surface area contributed by atoms with Gasteiger partial charge in [-0.15, -0.1) is 0 Å². The molecule has 25 heavy (non-hydrogen) atoms. The molecule has 6 heteroatoms. The summed E-state index contributed by atoms with van der Waals surface area (Å²) in [6.45, 7) is 2.42. The Morgan fingerprint density at radius 1 is 1.12 bits per heavy atom. The maximum absolute atomic E-state index is 11.9. The predicted octanol–water partition coefficient (Wildman–Crippen LogP) is 5.00. The molecule has 0 saturated heterocycles. The van der Waals surface area contributed by atoms with E-state index in [-0.39, 0.29) is 5.69 Å². The summed E-state index contributed by atoms with van der Waals surface area (Å²) in [6.07, 6.45) is 0. The molecule has 0 aliphatic rings. The summed E-state index contributed by atoms with van der Waals surface area (Å²) in [5, 5.41) is 5.68. The third-order valence-corrected chi connectivity index (χ3v) is 4.76. The first kappa shape index (κ1) is 17.5. The lowest BCUT2D eigenvalue weighted by molar-refractivity contribution is 0.0593. The maximum atomic E-state index is 11.9. The number of ether oxygens (including phenoxy) is 1. The molecule has 0 radical (unpaired) electrons. The molecule has 0 aliphatic carbocycles. The topological polar surface area (TPSA) is 44.1 Å². The molecule has 2 aromatic carbocycles. The van der Waals surface area contributed by atoms with Crippen LogP contribution < -0.4 is 0 Å². The molecule has 0 bridgehead atoms. The van der Waals surface area contributed by atoms with Crippen molar-refractivity contribution in [3.05, 3.63) is 75.4 Å². The molecule has 0 fully saturated rings. The second-order valence-electron chi connectivity index (χ2n) is 5.57. The third kappa shape index (κ3) is 3.55. The van der Waals surface area contributed by atoms with E-state index < -0.39 is 5.97 Å². The van der Waals surface area contributed by atoms with Gasteiger partial charge in [0.05, 0.1) is 19.3 Å². The monoisotopic (exact) mass is 374 g/mol. The van der Waals surface area contributed by atoms with Crippen LogP contribution >= 0.6 is 23.2 Å². The minimum Gasteiger partial charge on any atom is -0.464 e. The molecule has 0 atom stereocenters. The largest absolute Gasteiger partial charge is 0.464 e. The van der Waals surface area contributed by atoms with Crippen LogP contribution in [0.5, 0.6) is 0 Å². The molecule has 0 amide bonds. The number of methoxy groups -OCH3 is 1. The number of hydrogen-bond donors (Lipinski definition) is 0. The van der Waals surface area contributed by atoms with E-state index >= 15 is 0 Å². The number of carbonyl (C=O) groups excluding carboxylic acids is 1. The molecule has 0 aliphatic heterocycles. The highest BCUT2D eigenvalue weighted by Crippen LogP contribution is 2.29. The molecule has 0 spiro atoms. The lowest BCUT2D eigenvalue weighted by Gasteiger charge is -2.11. The number of esters is 1. The van der Waals surface area contributed by atoms with Gasteiger partial charge in [-0.05, 0) is 36.2 Å². The Hall–Kier alpha value is -2.30. The summed E-state index contributed by atoms with van der Waals surface area (Å²) in [5.74, 6) is -0.491. The van der Waals surface area contributed by atoms with Gasteiger partial charge in [0.1, 0.15) is 0 Å². The Morgan fingerprint density at radius 2 is 1.84 bits per heavy atom. The summed E-state index contributed by atoms with van der Waals surface area (Å²) in [6, 6.07) is 14.8. The smallest absolute Gasteiger partial charge is 0.358 e. The Balaban J connectivity index is 2.11. The van der Waals surface area contributed by atoms with Gasteiger partial charge in [-0.1, -0.05) is 53.5 Å². The van der Waals surface area contributed by atoms with Gasteiger partial charge in [-0.2, -0.15) is 5.10 Å². The molecule has 128 valence electrons. The lowest BCUT2D eigenvalue weighted by atomic mass is 10.1. The first-order chi connectivity index (χ1) is 12.0. The first-order valence-corrected chi connectivity index (χ1v) is 8.42. The van der Waals surface area contributed by atoms with E-state index in [2.05, 4.69) is 5.10 Å². The van der Waals surface area contributed by atoms with Crippen LogP contribution in [0.2, 0.25) is 10.0 Å². The lowest BCUT2D eigenvalue weighted by Crippen LogP contribution is -2.08. The molecule has 0 N–H and O–H groups in total. The summed E-state index contributed by atoms with van der Waals surface area (Å²) < 4.78 is 6.54. The highest BCUT2D eigenvalue weighted by Gasteiger charge is 2.18. The van der Waals surface area contributed by atoms with Crippen LogP contribution in [0.25, 0.3) is 11.3 Å². The minimum atomic E-state index is -0.491. The van der Waals surface area contributed by atoms with Gasteiger partial charge < -0.3 is 4.74 Å². The molecule has 3 aromatic rings. The number of halogens is 2. The average Bonchev–Trinajstić information content (AvgIpc) is 3.02. The quantitative estimate of drug-likeness (QED) is 0.603. The number of carbonyl (C=O) groups is 1. The molecular weight excluding hydrogens is 359 g/mol. The Morgan fingerprint density at radius 3 is 2.56 bits per heavy atom. The van der Waals surface area contributed by atoms with E-state index in [0.29, 0.717) is 16.6 Å². The van der Waals surface area contributed by atoms with Crippen molar-refractivity contribution in [2.45, 2.75) is 13.5 Å². The highest BCUT2D eigenvalue weighted by molar-refractivity contribution is 6.33. The van der Waals surface area contributed by atoms with Gasteiger partial charge in [0.15, 0.2) is 5.69 Å². The van der Waals surface area contributed by atoms with E-state index in [1.165, 1.54) is 7.11 Å². The average molecular weight is 375 g/mol. The van der Waals surface area contributed by atoms with Crippen molar-refractivity contribution in [2.75, 3.05) is 7.11 Å². The van der Waals surface area contributed by atoms with Crippen LogP contribution in [-0.4, -0.2) is 22.9 Å². The van der Waals surface area contributed by atoms with E-state index in [1.807, 2.05) is 43.3 Å². The summed E-state index contributed by atoms with van der Waals surface area (Å²) in [7, 11) is 1.33. The van der Waals surface area contributed by atoms with Crippen molar-refractivity contribution in [3.8, 4) is 11.3 Å². The number of nitrogens with zero attached hydrogens (tertiary/aromatic N) is 2. The number of aromatic nitrogens is 2. The van der Waals surface area contributed by atoms with E-state index in [9.17, 15) is 4.79 Å². The number of benzene rings is 2. The molecule has 1 heterocycles. The molecule has 4 nitrogen and oxygen atoms in total. The van der Waals surface area contributed by atoms with Crippen LogP contribution in [0.4, 0.5) is 0 Å². The molecule has 1 aromatic heterocycles. The van der Waals surface area contributed by atoms with Crippen molar-refractivity contribution in [1.82, 2.24) is 9.78 Å². The molecule has 0 unspecified atom stereocenters. The van der Waals surface area contributed by atoms with Crippen molar-refractivity contribution in [1.29, 1.82) is 0 Å². The second-order valence-corrected chi connectivity index (χ2v) is 6.38. The van der Waals surface area contributed by atoms with E-state index in [0.717, 1.165) is 22.4 Å². The Bertz CT molecular complexity index is 935. The van der Waals surface area contributed by atoms with Gasteiger partial charge in [-0.3, -0.25) is 4.68 Å². The predicted molar refractivity (Wildman–Crippen MR) is 99.3 cm³/mol. The highest BCUT2D eigenvalue weighted by atomic mass is 35.5. The van der Waals surface area contributed by atoms with E-state index in [1.54, 1.807) is 16.8 Å². The summed E-state index contributed by atoms with van der Waals surface area (Å²) in [5.41, 5.74) is 3.76. The van der Waals surface area contributed by atoms with Crippen LogP contribution in [0, 0.1) is 6.92 Å². The first-order valence-electron chi connectivity index (χ1n) is 7.66. The maximum Gasteiger partial charge on any atom is 0.358 e. The molecule has 3 rings (SSSR count). The Kier molecular flexibility index (Phi) is 5.11. The van der Waals surface area contributed by atoms with Gasteiger partial charge in [0, 0.05) is 15.6 Å². The van der Waals surface area contributed by atoms with Crippen LogP contribution in [0.15, 0.2) is 48.5 Å². The van der Waals surface area contributed by atoms with Crippen molar-refractivity contribution >= 4 is 29.2 Å². The van der Waals surface area contributed by atoms with Crippen molar-refractivity contribution < 1.29 is 9.53 Å². The van der Waals surface area contributed by atoms with Gasteiger partial charge in [0.25, 0.3) is 0 Å². The fraction of sp³-hybridized carbons (Fsp3) is 0.158. The minimum absolute atomic E-state index is 0.233. The normalized spacial score (nSPS) is 10.7. The van der Waals surface area contributed by atoms with Gasteiger partial charge in [0.2, 0.25) is 0 Å². The second kappa shape index (κ2) is 7.30. The molecule has 0 saturated carbocycles. The van der Waals surface area contributed by atoms with Crippen molar-refractivity contribution in [3.63, 3.8) is 0 Å². The standard InChI is InChI=1S/C19H16Cl2N2O2/c1-12-13(6-5-9-15(12)20)11-23-18(10-17(22-23)19(24)25-2)14-7-3-4-8-16(14)21/h3-10H,11H2,1-2H3. The third-order valence-electron chi connectivity index (χ3n) is 4.02. The molecular formula is C19H16Cl2N2O2. The number of rotatable bonds is 4. The van der Waals surface area contributed by atoms with Gasteiger partial charge in [-0.25, -0.2) is 4.79 Å². The van der Waals surface area contributed by atoms with E-state index in [4.69, 9.17) is 27.9 Å². The van der Waals surface area contributed by atoms with Crippen molar-refractivity contribution in [2.24, 2.45) is 0 Å². The fourth-order valence-corrected chi connectivity index (χ4v) is 3.04. The van der Waals surface area contributed by atoms with Crippen LogP contribution in [-0.2, 0) is 11.3 Å². The zero-order valence-corrected chi connectivity index (χ0v) is 15.3. The van der Waals surface area contributed by atoms with Crippen LogP contribution in [0.3, 0.4) is 0 Å². The summed E-state index contributed by atoms with van der Waals surface area (Å²) in [4.78, 5) is 11.9.